The third-order valence-corrected chi connectivity index (χ3v) is 5.16. The first-order valence-corrected chi connectivity index (χ1v) is 10.2. The first-order valence-electron chi connectivity index (χ1n) is 10.2. The number of aryl methyl sites for hydroxylation is 1. The number of hydrogen-bond acceptors (Lipinski definition) is 1. The molecule has 1 heterocycles. The first kappa shape index (κ1) is 18.9. The van der Waals surface area contributed by atoms with E-state index in [4.69, 9.17) is 0 Å². The molecule has 2 heteroatoms. The van der Waals surface area contributed by atoms with Crippen LogP contribution in [0.1, 0.15) is 34.3 Å². The minimum Gasteiger partial charge on any atom is -0.287 e. The number of hydrogen-bond donors (Lipinski definition) is 0. The average Bonchev–Trinajstić information content (AvgIpc) is 3.20. The maximum absolute atomic E-state index is 13.1. The highest BCUT2D eigenvalue weighted by molar-refractivity contribution is 5.84. The molecule has 0 atom stereocenters. The van der Waals surface area contributed by atoms with Gasteiger partial charge in [-0.3, -0.25) is 9.36 Å². The SMILES string of the molecule is O=C(CCCc1ccccc1)n1cc(Cc2ccccc2)cc1-c1ccccc1. The Morgan fingerprint density at radius 2 is 1.28 bits per heavy atom. The second-order valence-electron chi connectivity index (χ2n) is 7.36. The van der Waals surface area contributed by atoms with E-state index in [1.165, 1.54) is 11.1 Å². The molecular weight excluding hydrogens is 354 g/mol. The van der Waals surface area contributed by atoms with Gasteiger partial charge in [0.1, 0.15) is 0 Å². The number of carbonyl (C=O) groups excluding carboxylic acids is 1. The Morgan fingerprint density at radius 3 is 1.93 bits per heavy atom. The zero-order valence-corrected chi connectivity index (χ0v) is 16.5. The molecule has 29 heavy (non-hydrogen) atoms. The molecule has 0 fully saturated rings. The molecule has 0 saturated heterocycles. The fourth-order valence-corrected chi connectivity index (χ4v) is 3.69. The molecule has 3 aromatic carbocycles. The predicted octanol–water partition coefficient (Wildman–Crippen LogP) is 6.41. The predicted molar refractivity (Wildman–Crippen MR) is 119 cm³/mol. The third-order valence-electron chi connectivity index (χ3n) is 5.16. The van der Waals surface area contributed by atoms with Crippen molar-refractivity contribution in [3.05, 3.63) is 120 Å². The summed E-state index contributed by atoms with van der Waals surface area (Å²) in [6.45, 7) is 0. The maximum atomic E-state index is 13.1. The number of aromatic nitrogens is 1. The Balaban J connectivity index is 1.54. The van der Waals surface area contributed by atoms with Crippen LogP contribution in [0.25, 0.3) is 11.3 Å². The van der Waals surface area contributed by atoms with Crippen LogP contribution in [0.15, 0.2) is 103 Å². The Morgan fingerprint density at radius 1 is 0.690 bits per heavy atom. The quantitative estimate of drug-likeness (QED) is 0.364. The van der Waals surface area contributed by atoms with Gasteiger partial charge in [0.15, 0.2) is 0 Å². The molecule has 0 bridgehead atoms. The van der Waals surface area contributed by atoms with Crippen LogP contribution in [0, 0.1) is 0 Å². The van der Waals surface area contributed by atoms with E-state index in [2.05, 4.69) is 54.6 Å². The lowest BCUT2D eigenvalue weighted by atomic mass is 10.1. The molecule has 0 N–H and O–H groups in total. The van der Waals surface area contributed by atoms with Crippen LogP contribution >= 0.6 is 0 Å². The van der Waals surface area contributed by atoms with Crippen LogP contribution in [0.2, 0.25) is 0 Å². The van der Waals surface area contributed by atoms with Gasteiger partial charge in [0.2, 0.25) is 5.91 Å². The van der Waals surface area contributed by atoms with Crippen molar-refractivity contribution in [1.82, 2.24) is 4.57 Å². The Hall–Kier alpha value is -3.39. The van der Waals surface area contributed by atoms with Crippen molar-refractivity contribution in [2.24, 2.45) is 0 Å². The van der Waals surface area contributed by atoms with Crippen molar-refractivity contribution < 1.29 is 4.79 Å². The normalized spacial score (nSPS) is 10.8. The van der Waals surface area contributed by atoms with Gasteiger partial charge in [0, 0.05) is 12.6 Å². The minimum absolute atomic E-state index is 0.152. The topological polar surface area (TPSA) is 22.0 Å². The van der Waals surface area contributed by atoms with E-state index in [-0.39, 0.29) is 5.91 Å². The van der Waals surface area contributed by atoms with E-state index in [0.717, 1.165) is 36.1 Å². The summed E-state index contributed by atoms with van der Waals surface area (Å²) in [5.41, 5.74) is 5.73. The molecule has 0 saturated carbocycles. The fraction of sp³-hybridized carbons (Fsp3) is 0.148. The van der Waals surface area contributed by atoms with Crippen molar-refractivity contribution >= 4 is 5.91 Å². The number of benzene rings is 3. The summed E-state index contributed by atoms with van der Waals surface area (Å²) < 4.78 is 1.85. The lowest BCUT2D eigenvalue weighted by Crippen LogP contribution is -2.11. The molecule has 0 radical (unpaired) electrons. The fourth-order valence-electron chi connectivity index (χ4n) is 3.69. The van der Waals surface area contributed by atoms with Crippen LogP contribution < -0.4 is 0 Å². The lowest BCUT2D eigenvalue weighted by molar-refractivity contribution is 0.0902. The van der Waals surface area contributed by atoms with Gasteiger partial charge in [0.05, 0.1) is 5.69 Å². The van der Waals surface area contributed by atoms with Crippen LogP contribution in [-0.2, 0) is 12.8 Å². The van der Waals surface area contributed by atoms with E-state index in [1.807, 2.05) is 53.2 Å². The number of carbonyl (C=O) groups is 1. The molecule has 0 amide bonds. The Labute approximate surface area is 172 Å². The van der Waals surface area contributed by atoms with Crippen molar-refractivity contribution in [1.29, 1.82) is 0 Å². The summed E-state index contributed by atoms with van der Waals surface area (Å²) in [6, 6.07) is 33.1. The van der Waals surface area contributed by atoms with Crippen molar-refractivity contribution in [3.63, 3.8) is 0 Å². The average molecular weight is 380 g/mol. The van der Waals surface area contributed by atoms with Crippen molar-refractivity contribution in [2.75, 3.05) is 0 Å². The third kappa shape index (κ3) is 4.91. The highest BCUT2D eigenvalue weighted by Crippen LogP contribution is 2.24. The molecule has 0 aliphatic rings. The summed E-state index contributed by atoms with van der Waals surface area (Å²) in [7, 11) is 0. The van der Waals surface area contributed by atoms with Crippen LogP contribution in [-0.4, -0.2) is 10.5 Å². The summed E-state index contributed by atoms with van der Waals surface area (Å²) in [5, 5.41) is 0. The van der Waals surface area contributed by atoms with Gasteiger partial charge in [-0.25, -0.2) is 0 Å². The van der Waals surface area contributed by atoms with Gasteiger partial charge >= 0.3 is 0 Å². The highest BCUT2D eigenvalue weighted by Gasteiger charge is 2.14. The molecule has 2 nitrogen and oxygen atoms in total. The van der Waals surface area contributed by atoms with E-state index in [0.29, 0.717) is 6.42 Å². The van der Waals surface area contributed by atoms with Gasteiger partial charge in [-0.1, -0.05) is 91.0 Å². The molecule has 0 aliphatic heterocycles. The van der Waals surface area contributed by atoms with Gasteiger partial charge in [0.25, 0.3) is 0 Å². The van der Waals surface area contributed by atoms with Crippen molar-refractivity contribution in [3.8, 4) is 11.3 Å². The number of nitrogens with zero attached hydrogens (tertiary/aromatic N) is 1. The smallest absolute Gasteiger partial charge is 0.231 e. The van der Waals surface area contributed by atoms with E-state index in [9.17, 15) is 4.79 Å². The second-order valence-corrected chi connectivity index (χ2v) is 7.36. The summed E-state index contributed by atoms with van der Waals surface area (Å²) >= 11 is 0. The molecule has 1 aromatic heterocycles. The molecular formula is C27H25NO. The molecule has 4 rings (SSSR count). The second kappa shape index (κ2) is 9.20. The largest absolute Gasteiger partial charge is 0.287 e. The van der Waals surface area contributed by atoms with Crippen molar-refractivity contribution in [2.45, 2.75) is 25.7 Å². The van der Waals surface area contributed by atoms with Crippen LogP contribution in [0.5, 0.6) is 0 Å². The van der Waals surface area contributed by atoms with E-state index >= 15 is 0 Å². The standard InChI is InChI=1S/C27H25NO/c29-27(18-10-15-22-11-4-1-5-12-22)28-21-24(19-23-13-6-2-7-14-23)20-26(28)25-16-8-3-9-17-25/h1-9,11-14,16-17,20-21H,10,15,18-19H2. The molecule has 0 spiro atoms. The van der Waals surface area contributed by atoms with Gasteiger partial charge < -0.3 is 0 Å². The summed E-state index contributed by atoms with van der Waals surface area (Å²) in [4.78, 5) is 13.1. The minimum atomic E-state index is 0.152. The van der Waals surface area contributed by atoms with E-state index in [1.54, 1.807) is 0 Å². The molecule has 144 valence electrons. The molecule has 4 aromatic rings. The molecule has 0 aliphatic carbocycles. The molecule has 0 unspecified atom stereocenters. The first-order chi connectivity index (χ1) is 14.3. The monoisotopic (exact) mass is 379 g/mol. The van der Waals surface area contributed by atoms with Crippen LogP contribution in [0.3, 0.4) is 0 Å². The highest BCUT2D eigenvalue weighted by atomic mass is 16.2. The van der Waals surface area contributed by atoms with Crippen LogP contribution in [0.4, 0.5) is 0 Å². The Kier molecular flexibility index (Phi) is 6.01. The Bertz CT molecular complexity index is 1050. The summed E-state index contributed by atoms with van der Waals surface area (Å²) in [5.74, 6) is 0.152. The van der Waals surface area contributed by atoms with Gasteiger partial charge in [-0.15, -0.1) is 0 Å². The van der Waals surface area contributed by atoms with Gasteiger partial charge in [-0.05, 0) is 47.6 Å². The summed E-state index contributed by atoms with van der Waals surface area (Å²) in [6.07, 6.45) is 5.15. The lowest BCUT2D eigenvalue weighted by Gasteiger charge is -2.08. The van der Waals surface area contributed by atoms with Gasteiger partial charge in [-0.2, -0.15) is 0 Å². The van der Waals surface area contributed by atoms with E-state index < -0.39 is 0 Å². The maximum Gasteiger partial charge on any atom is 0.231 e. The number of rotatable bonds is 7. The zero-order valence-electron chi connectivity index (χ0n) is 16.5. The zero-order chi connectivity index (χ0) is 19.9.